The van der Waals surface area contributed by atoms with Gasteiger partial charge in [-0.1, -0.05) is 0 Å². The molecule has 4 heteroatoms. The highest BCUT2D eigenvalue weighted by atomic mass is 16.8. The standard InChI is InChI=1S/C4H7N2O2/c1-3-4(2)6(7)8-5-3/h7H,1-2H3/q+1. The van der Waals surface area contributed by atoms with E-state index in [4.69, 9.17) is 5.21 Å². The molecule has 0 aromatic carbocycles. The molecule has 0 saturated carbocycles. The number of hydrogen-bond donors (Lipinski definition) is 1. The molecule has 44 valence electrons. The highest BCUT2D eigenvalue weighted by molar-refractivity contribution is 4.95. The Hall–Kier alpha value is -1.06. The lowest BCUT2D eigenvalue weighted by Crippen LogP contribution is -2.29. The molecule has 1 heterocycles. The van der Waals surface area contributed by atoms with Crippen LogP contribution in [0.5, 0.6) is 0 Å². The van der Waals surface area contributed by atoms with Crippen molar-refractivity contribution in [2.24, 2.45) is 0 Å². The molecule has 0 saturated heterocycles. The first kappa shape index (κ1) is 5.08. The lowest BCUT2D eigenvalue weighted by Gasteiger charge is -1.72. The third-order valence-corrected chi connectivity index (χ3v) is 1.07. The van der Waals surface area contributed by atoms with Crippen molar-refractivity contribution in [3.8, 4) is 0 Å². The lowest BCUT2D eigenvalue weighted by molar-refractivity contribution is -1.04. The summed E-state index contributed by atoms with van der Waals surface area (Å²) >= 11 is 0. The monoisotopic (exact) mass is 115 g/mol. The minimum absolute atomic E-state index is 0.630. The molecule has 0 amide bonds. The maximum atomic E-state index is 8.63. The summed E-state index contributed by atoms with van der Waals surface area (Å²) in [6.07, 6.45) is 0. The molecular weight excluding hydrogens is 108 g/mol. The van der Waals surface area contributed by atoms with Crippen molar-refractivity contribution in [3.63, 3.8) is 0 Å². The van der Waals surface area contributed by atoms with Gasteiger partial charge in [0.2, 0.25) is 11.4 Å². The molecule has 0 fully saturated rings. The van der Waals surface area contributed by atoms with E-state index in [-0.39, 0.29) is 0 Å². The van der Waals surface area contributed by atoms with Gasteiger partial charge in [-0.15, -0.1) is 0 Å². The van der Waals surface area contributed by atoms with Crippen LogP contribution < -0.4 is 4.90 Å². The minimum atomic E-state index is 0.630. The minimum Gasteiger partial charge on any atom is -0.317 e. The Balaban J connectivity index is 3.19. The van der Waals surface area contributed by atoms with Crippen molar-refractivity contribution in [1.82, 2.24) is 5.16 Å². The van der Waals surface area contributed by atoms with E-state index >= 15 is 0 Å². The first-order valence-corrected chi connectivity index (χ1v) is 2.26. The fraction of sp³-hybridized carbons (Fsp3) is 0.500. The van der Waals surface area contributed by atoms with Gasteiger partial charge in [0, 0.05) is 13.8 Å². The van der Waals surface area contributed by atoms with E-state index in [1.54, 1.807) is 13.8 Å². The molecule has 8 heavy (non-hydrogen) atoms. The van der Waals surface area contributed by atoms with Crippen LogP contribution in [0.15, 0.2) is 4.63 Å². The van der Waals surface area contributed by atoms with Gasteiger partial charge in [0.15, 0.2) is 5.16 Å². The fourth-order valence-corrected chi connectivity index (χ4v) is 0.366. The van der Waals surface area contributed by atoms with Crippen LogP contribution in [0, 0.1) is 13.8 Å². The molecule has 0 radical (unpaired) electrons. The summed E-state index contributed by atoms with van der Waals surface area (Å²) in [7, 11) is 0. The van der Waals surface area contributed by atoms with E-state index in [1.165, 1.54) is 0 Å². The number of hydrogen-bond acceptors (Lipinski definition) is 3. The zero-order valence-corrected chi connectivity index (χ0v) is 4.75. The fourth-order valence-electron chi connectivity index (χ4n) is 0.366. The Morgan fingerprint density at radius 1 is 1.62 bits per heavy atom. The molecule has 4 nitrogen and oxygen atoms in total. The average molecular weight is 115 g/mol. The highest BCUT2D eigenvalue weighted by Crippen LogP contribution is 1.91. The van der Waals surface area contributed by atoms with Crippen LogP contribution in [0.3, 0.4) is 0 Å². The van der Waals surface area contributed by atoms with Crippen LogP contribution in [0.2, 0.25) is 0 Å². The van der Waals surface area contributed by atoms with Gasteiger partial charge in [-0.05, 0) is 4.63 Å². The molecule has 0 aliphatic rings. The van der Waals surface area contributed by atoms with E-state index in [9.17, 15) is 0 Å². The molecule has 0 aliphatic heterocycles. The summed E-state index contributed by atoms with van der Waals surface area (Å²) in [5.74, 6) is 0. The van der Waals surface area contributed by atoms with Gasteiger partial charge in [0.1, 0.15) is 4.90 Å². The van der Waals surface area contributed by atoms with Gasteiger partial charge in [-0.3, -0.25) is 0 Å². The molecule has 1 rings (SSSR count). The van der Waals surface area contributed by atoms with Crippen LogP contribution in [0.1, 0.15) is 11.4 Å². The Kier molecular flexibility index (Phi) is 0.932. The number of aryl methyl sites for hydroxylation is 1. The molecule has 1 aromatic heterocycles. The van der Waals surface area contributed by atoms with Crippen molar-refractivity contribution < 1.29 is 14.7 Å². The molecule has 0 spiro atoms. The number of rotatable bonds is 0. The normalized spacial score (nSPS) is 9.75. The van der Waals surface area contributed by atoms with E-state index < -0.39 is 0 Å². The summed E-state index contributed by atoms with van der Waals surface area (Å²) in [6.45, 7) is 3.47. The Bertz CT molecular complexity index is 174. The smallest absolute Gasteiger partial charge is 0.247 e. The predicted molar refractivity (Wildman–Crippen MR) is 23.4 cm³/mol. The molecule has 1 aromatic rings. The Morgan fingerprint density at radius 3 is 2.38 bits per heavy atom. The summed E-state index contributed by atoms with van der Waals surface area (Å²) < 4.78 is 4.32. The second-order valence-electron chi connectivity index (χ2n) is 1.62. The second kappa shape index (κ2) is 1.47. The maximum Gasteiger partial charge on any atom is 0.247 e. The molecule has 0 aliphatic carbocycles. The van der Waals surface area contributed by atoms with Crippen molar-refractivity contribution in [1.29, 1.82) is 0 Å². The third kappa shape index (κ3) is 0.538. The number of aromatic nitrogens is 2. The lowest BCUT2D eigenvalue weighted by atomic mass is 10.4. The number of nitrogens with zero attached hydrogens (tertiary/aromatic N) is 2. The molecule has 1 N–H and O–H groups in total. The summed E-state index contributed by atoms with van der Waals surface area (Å²) in [5, 5.41) is 12.1. The third-order valence-electron chi connectivity index (χ3n) is 1.07. The molecule has 0 atom stereocenters. The van der Waals surface area contributed by atoms with Gasteiger partial charge in [0.25, 0.3) is 0 Å². The predicted octanol–water partition coefficient (Wildman–Crippen LogP) is -0.184. The SMILES string of the molecule is Cc1no[n+](O)c1C. The molecule has 0 unspecified atom stereocenters. The van der Waals surface area contributed by atoms with Crippen LogP contribution in [0.25, 0.3) is 0 Å². The topological polar surface area (TPSA) is 50.1 Å². The van der Waals surface area contributed by atoms with Gasteiger partial charge >= 0.3 is 0 Å². The zero-order valence-electron chi connectivity index (χ0n) is 4.75. The average Bonchev–Trinajstić information content (AvgIpc) is 1.98. The quantitative estimate of drug-likeness (QED) is 0.477. The van der Waals surface area contributed by atoms with Crippen molar-refractivity contribution in [3.05, 3.63) is 11.4 Å². The van der Waals surface area contributed by atoms with E-state index in [0.717, 1.165) is 0 Å². The Labute approximate surface area is 46.3 Å². The van der Waals surface area contributed by atoms with Gasteiger partial charge in [-0.2, -0.15) is 0 Å². The van der Waals surface area contributed by atoms with Gasteiger partial charge in [0.05, 0.1) is 0 Å². The maximum absolute atomic E-state index is 8.63. The van der Waals surface area contributed by atoms with Crippen LogP contribution >= 0.6 is 0 Å². The second-order valence-corrected chi connectivity index (χ2v) is 1.62. The summed E-state index contributed by atoms with van der Waals surface area (Å²) in [5.41, 5.74) is 1.33. The van der Waals surface area contributed by atoms with Crippen LogP contribution in [-0.4, -0.2) is 10.4 Å². The van der Waals surface area contributed by atoms with E-state index in [0.29, 0.717) is 16.3 Å². The largest absolute Gasteiger partial charge is 0.317 e. The Morgan fingerprint density at radius 2 is 2.25 bits per heavy atom. The van der Waals surface area contributed by atoms with Crippen LogP contribution in [0.4, 0.5) is 0 Å². The first-order valence-electron chi connectivity index (χ1n) is 2.26. The van der Waals surface area contributed by atoms with Gasteiger partial charge < -0.3 is 5.21 Å². The first-order chi connectivity index (χ1) is 3.72. The van der Waals surface area contributed by atoms with Crippen molar-refractivity contribution >= 4 is 0 Å². The highest BCUT2D eigenvalue weighted by Gasteiger charge is 2.13. The van der Waals surface area contributed by atoms with Crippen molar-refractivity contribution in [2.75, 3.05) is 0 Å². The van der Waals surface area contributed by atoms with E-state index in [1.807, 2.05) is 0 Å². The summed E-state index contributed by atoms with van der Waals surface area (Å²) in [4.78, 5) is 0.634. The van der Waals surface area contributed by atoms with Crippen LogP contribution in [-0.2, 0) is 0 Å². The van der Waals surface area contributed by atoms with E-state index in [2.05, 4.69) is 9.79 Å². The van der Waals surface area contributed by atoms with Crippen molar-refractivity contribution in [2.45, 2.75) is 13.8 Å². The zero-order chi connectivity index (χ0) is 6.15. The summed E-state index contributed by atoms with van der Waals surface area (Å²) in [6, 6.07) is 0. The molecule has 0 bridgehead atoms. The van der Waals surface area contributed by atoms with Gasteiger partial charge in [-0.25, -0.2) is 0 Å². The molecular formula is C4H7N2O2+.